The Labute approximate surface area is 165 Å². The molecular weight excluding hydrogens is 358 g/mol. The highest BCUT2D eigenvalue weighted by atomic mass is 28.4. The molecule has 0 heterocycles. The molecule has 0 radical (unpaired) electrons. The topological polar surface area (TPSA) is 64.6 Å². The van der Waals surface area contributed by atoms with Crippen LogP contribution in [0.3, 0.4) is 0 Å². The minimum absolute atomic E-state index is 0.0442. The lowest BCUT2D eigenvalue weighted by molar-refractivity contribution is -0.115. The van der Waals surface area contributed by atoms with Crippen LogP contribution in [0.5, 0.6) is 0 Å². The first-order chi connectivity index (χ1) is 12.2. The molecule has 6 heteroatoms. The average molecular weight is 394 g/mol. The maximum absolute atomic E-state index is 12.3. The minimum atomic E-state index is -2.19. The molecule has 0 saturated carbocycles. The Balaban J connectivity index is 3.06. The molecule has 2 unspecified atom stereocenters. The van der Waals surface area contributed by atoms with E-state index in [-0.39, 0.29) is 5.04 Å². The predicted octanol–water partition coefficient (Wildman–Crippen LogP) is 4.71. The molecule has 27 heavy (non-hydrogen) atoms. The van der Waals surface area contributed by atoms with Gasteiger partial charge < -0.3 is 19.3 Å². The lowest BCUT2D eigenvalue weighted by atomic mass is 10.0. The summed E-state index contributed by atoms with van der Waals surface area (Å²) in [7, 11) is -2.19. The standard InChI is InChI=1S/C21H35NO4Si/c1-20(2,3)25-19(24)22-17(14-16-12-10-9-11-13-16)18(15-23)26-27(7,8)21(4,5)6/h9-13,15,17-18H,14H2,1-8H3,(H,22,24). The molecule has 0 aromatic heterocycles. The van der Waals surface area contributed by atoms with Crippen LogP contribution in [0.1, 0.15) is 47.1 Å². The number of hydrogen-bond acceptors (Lipinski definition) is 4. The number of carbonyl (C=O) groups is 2. The van der Waals surface area contributed by atoms with Gasteiger partial charge in [0.15, 0.2) is 8.32 Å². The Kier molecular flexibility index (Phi) is 7.81. The highest BCUT2D eigenvalue weighted by Crippen LogP contribution is 2.37. The highest BCUT2D eigenvalue weighted by Gasteiger charge is 2.41. The molecule has 152 valence electrons. The van der Waals surface area contributed by atoms with Crippen molar-refractivity contribution in [1.29, 1.82) is 0 Å². The number of carbonyl (C=O) groups excluding carboxylic acids is 2. The maximum atomic E-state index is 12.3. The Morgan fingerprint density at radius 2 is 1.67 bits per heavy atom. The quantitative estimate of drug-likeness (QED) is 0.538. The zero-order valence-corrected chi connectivity index (χ0v) is 19.0. The Morgan fingerprint density at radius 3 is 2.11 bits per heavy atom. The second-order valence-electron chi connectivity index (χ2n) is 9.42. The first kappa shape index (κ1) is 23.4. The van der Waals surface area contributed by atoms with Gasteiger partial charge in [0.2, 0.25) is 0 Å². The van der Waals surface area contributed by atoms with Gasteiger partial charge in [-0.05, 0) is 50.9 Å². The Morgan fingerprint density at radius 1 is 1.11 bits per heavy atom. The van der Waals surface area contributed by atoms with Crippen LogP contribution >= 0.6 is 0 Å². The normalized spacial score (nSPS) is 15.0. The van der Waals surface area contributed by atoms with E-state index in [9.17, 15) is 9.59 Å². The number of rotatable bonds is 7. The summed E-state index contributed by atoms with van der Waals surface area (Å²) in [5.41, 5.74) is 0.405. The molecule has 0 aliphatic carbocycles. The third kappa shape index (κ3) is 7.85. The zero-order valence-electron chi connectivity index (χ0n) is 18.0. The van der Waals surface area contributed by atoms with Crippen LogP contribution in [0.4, 0.5) is 4.79 Å². The van der Waals surface area contributed by atoms with Gasteiger partial charge in [0.25, 0.3) is 0 Å². The van der Waals surface area contributed by atoms with Crippen molar-refractivity contribution in [2.24, 2.45) is 0 Å². The number of alkyl carbamates (subject to hydrolysis) is 1. The second-order valence-corrected chi connectivity index (χ2v) is 14.2. The molecule has 1 N–H and O–H groups in total. The lowest BCUT2D eigenvalue weighted by Crippen LogP contribution is -2.53. The average Bonchev–Trinajstić information content (AvgIpc) is 2.50. The lowest BCUT2D eigenvalue weighted by Gasteiger charge is -2.40. The highest BCUT2D eigenvalue weighted by molar-refractivity contribution is 6.74. The van der Waals surface area contributed by atoms with Crippen LogP contribution in [0.15, 0.2) is 30.3 Å². The van der Waals surface area contributed by atoms with Crippen molar-refractivity contribution in [3.05, 3.63) is 35.9 Å². The molecule has 1 aromatic carbocycles. The monoisotopic (exact) mass is 393 g/mol. The van der Waals surface area contributed by atoms with Gasteiger partial charge in [0.05, 0.1) is 6.04 Å². The van der Waals surface area contributed by atoms with Crippen LogP contribution in [-0.4, -0.2) is 38.4 Å². The van der Waals surface area contributed by atoms with Crippen LogP contribution in [0.2, 0.25) is 18.1 Å². The summed E-state index contributed by atoms with van der Waals surface area (Å²) in [6.45, 7) is 16.0. The Hall–Kier alpha value is -1.66. The number of hydrogen-bond donors (Lipinski definition) is 1. The van der Waals surface area contributed by atoms with Crippen LogP contribution < -0.4 is 5.32 Å². The molecule has 0 fully saturated rings. The van der Waals surface area contributed by atoms with E-state index in [2.05, 4.69) is 39.2 Å². The van der Waals surface area contributed by atoms with Gasteiger partial charge in [-0.2, -0.15) is 0 Å². The molecular formula is C21H35NO4Si. The van der Waals surface area contributed by atoms with Gasteiger partial charge in [0, 0.05) is 0 Å². The molecule has 0 saturated heterocycles. The first-order valence-corrected chi connectivity index (χ1v) is 12.3. The van der Waals surface area contributed by atoms with E-state index in [4.69, 9.17) is 9.16 Å². The van der Waals surface area contributed by atoms with E-state index in [0.29, 0.717) is 6.42 Å². The van der Waals surface area contributed by atoms with E-state index < -0.39 is 32.2 Å². The van der Waals surface area contributed by atoms with E-state index in [1.807, 2.05) is 51.1 Å². The van der Waals surface area contributed by atoms with E-state index in [1.54, 1.807) is 0 Å². The first-order valence-electron chi connectivity index (χ1n) is 9.42. The zero-order chi connectivity index (χ0) is 20.9. The van der Waals surface area contributed by atoms with Crippen molar-refractivity contribution >= 4 is 20.7 Å². The predicted molar refractivity (Wildman–Crippen MR) is 111 cm³/mol. The van der Waals surface area contributed by atoms with Crippen LogP contribution in [0, 0.1) is 0 Å². The van der Waals surface area contributed by atoms with Gasteiger partial charge in [-0.1, -0.05) is 51.1 Å². The number of benzene rings is 1. The van der Waals surface area contributed by atoms with Crippen molar-refractivity contribution in [2.45, 2.75) is 83.8 Å². The molecule has 1 amide bonds. The summed E-state index contributed by atoms with van der Waals surface area (Å²) in [5.74, 6) is 0. The maximum Gasteiger partial charge on any atom is 0.407 e. The van der Waals surface area contributed by atoms with Gasteiger partial charge in [-0.3, -0.25) is 0 Å². The van der Waals surface area contributed by atoms with Gasteiger partial charge in [0.1, 0.15) is 18.0 Å². The SMILES string of the molecule is CC(C)(C)OC(=O)NC(Cc1ccccc1)C(C=O)O[Si](C)(C)C(C)(C)C. The van der Waals surface area contributed by atoms with Crippen molar-refractivity contribution in [1.82, 2.24) is 5.32 Å². The summed E-state index contributed by atoms with van der Waals surface area (Å²) in [6, 6.07) is 9.24. The number of ether oxygens (including phenoxy) is 1. The molecule has 0 aliphatic rings. The largest absolute Gasteiger partial charge is 0.444 e. The molecule has 1 aromatic rings. The van der Waals surface area contributed by atoms with Gasteiger partial charge in [-0.25, -0.2) is 4.79 Å². The molecule has 5 nitrogen and oxygen atoms in total. The van der Waals surface area contributed by atoms with E-state index in [1.165, 1.54) is 0 Å². The summed E-state index contributed by atoms with van der Waals surface area (Å²) in [5, 5.41) is 2.81. The van der Waals surface area contributed by atoms with Gasteiger partial charge >= 0.3 is 6.09 Å². The number of aldehydes is 1. The Bertz CT molecular complexity index is 617. The molecule has 1 rings (SSSR count). The summed E-state index contributed by atoms with van der Waals surface area (Å²) in [6.07, 6.45) is -0.00318. The van der Waals surface area contributed by atoms with Crippen molar-refractivity contribution in [3.8, 4) is 0 Å². The minimum Gasteiger partial charge on any atom is -0.444 e. The molecule has 2 atom stereocenters. The number of nitrogens with one attached hydrogen (secondary N) is 1. The third-order valence-corrected chi connectivity index (χ3v) is 9.24. The van der Waals surface area contributed by atoms with Crippen molar-refractivity contribution < 1.29 is 18.8 Å². The molecule has 0 spiro atoms. The third-order valence-electron chi connectivity index (χ3n) is 4.77. The van der Waals surface area contributed by atoms with Crippen LogP contribution in [-0.2, 0) is 20.4 Å². The molecule has 0 aliphatic heterocycles. The summed E-state index contributed by atoms with van der Waals surface area (Å²) < 4.78 is 11.7. The van der Waals surface area contributed by atoms with Gasteiger partial charge in [-0.15, -0.1) is 0 Å². The van der Waals surface area contributed by atoms with Crippen molar-refractivity contribution in [2.75, 3.05) is 0 Å². The fraction of sp³-hybridized carbons (Fsp3) is 0.619. The van der Waals surface area contributed by atoms with E-state index in [0.717, 1.165) is 11.8 Å². The summed E-state index contributed by atoms with van der Waals surface area (Å²) in [4.78, 5) is 24.3. The number of amides is 1. The second kappa shape index (κ2) is 9.02. The summed E-state index contributed by atoms with van der Waals surface area (Å²) >= 11 is 0. The smallest absolute Gasteiger partial charge is 0.407 e. The van der Waals surface area contributed by atoms with E-state index >= 15 is 0 Å². The van der Waals surface area contributed by atoms with Crippen LogP contribution in [0.25, 0.3) is 0 Å². The molecule has 0 bridgehead atoms. The fourth-order valence-corrected chi connectivity index (χ4v) is 3.55. The fourth-order valence-electron chi connectivity index (χ4n) is 2.30. The van der Waals surface area contributed by atoms with Crippen molar-refractivity contribution in [3.63, 3.8) is 0 Å².